The molecule has 28 heavy (non-hydrogen) atoms. The van der Waals surface area contributed by atoms with Crippen molar-refractivity contribution in [1.82, 2.24) is 4.90 Å². The number of fused-ring (bicyclic) bond motifs is 3. The van der Waals surface area contributed by atoms with Crippen LogP contribution in [0.3, 0.4) is 0 Å². The zero-order chi connectivity index (χ0) is 19.7. The predicted octanol–water partition coefficient (Wildman–Crippen LogP) is 4.31. The predicted molar refractivity (Wildman–Crippen MR) is 117 cm³/mol. The third-order valence-corrected chi connectivity index (χ3v) is 7.09. The fraction of sp³-hybridized carbons (Fsp3) is 0.364. The zero-order valence-electron chi connectivity index (χ0n) is 15.8. The second kappa shape index (κ2) is 8.13. The van der Waals surface area contributed by atoms with Gasteiger partial charge in [0.05, 0.1) is 13.0 Å². The number of thiophene rings is 1. The van der Waals surface area contributed by atoms with Gasteiger partial charge < -0.3 is 9.64 Å². The Morgan fingerprint density at radius 3 is 2.79 bits per heavy atom. The van der Waals surface area contributed by atoms with E-state index in [-0.39, 0.29) is 17.8 Å². The average Bonchev–Trinajstić information content (AvgIpc) is 3.35. The highest BCUT2D eigenvalue weighted by atomic mass is 32.1. The second-order valence-corrected chi connectivity index (χ2v) is 8.67. The first-order chi connectivity index (χ1) is 13.6. The Morgan fingerprint density at radius 2 is 2.00 bits per heavy atom. The SMILES string of the molecule is COC(=O)[C@H]1CCCN1C(=O)C(CS)Cc1ccc2sc3ccccc3c2c1. The van der Waals surface area contributed by atoms with Crippen molar-refractivity contribution in [2.45, 2.75) is 25.3 Å². The third kappa shape index (κ3) is 3.51. The quantitative estimate of drug-likeness (QED) is 0.501. The van der Waals surface area contributed by atoms with Crippen molar-refractivity contribution in [3.8, 4) is 0 Å². The molecular weight excluding hydrogens is 390 g/mol. The highest BCUT2D eigenvalue weighted by Crippen LogP contribution is 2.34. The Labute approximate surface area is 173 Å². The third-order valence-electron chi connectivity index (χ3n) is 5.50. The molecule has 1 aliphatic rings. The van der Waals surface area contributed by atoms with Crippen LogP contribution in [0.5, 0.6) is 0 Å². The van der Waals surface area contributed by atoms with Crippen LogP contribution in [0.25, 0.3) is 20.2 Å². The molecule has 1 amide bonds. The molecule has 0 radical (unpaired) electrons. The first-order valence-electron chi connectivity index (χ1n) is 9.51. The summed E-state index contributed by atoms with van der Waals surface area (Å²) in [5.41, 5.74) is 1.12. The zero-order valence-corrected chi connectivity index (χ0v) is 17.5. The van der Waals surface area contributed by atoms with E-state index in [1.165, 1.54) is 27.3 Å². The van der Waals surface area contributed by atoms with E-state index in [0.29, 0.717) is 25.1 Å². The summed E-state index contributed by atoms with van der Waals surface area (Å²) in [6.07, 6.45) is 2.12. The Hall–Kier alpha value is -2.05. The fourth-order valence-corrected chi connectivity index (χ4v) is 5.43. The molecule has 1 aromatic heterocycles. The molecule has 0 bridgehead atoms. The second-order valence-electron chi connectivity index (χ2n) is 7.23. The maximum Gasteiger partial charge on any atom is 0.328 e. The van der Waals surface area contributed by atoms with Gasteiger partial charge in [-0.25, -0.2) is 4.79 Å². The summed E-state index contributed by atoms with van der Waals surface area (Å²) in [6.45, 7) is 0.608. The minimum absolute atomic E-state index is 0.00169. The van der Waals surface area contributed by atoms with Gasteiger partial charge in [0.25, 0.3) is 0 Å². The van der Waals surface area contributed by atoms with Gasteiger partial charge in [-0.05, 0) is 43.0 Å². The summed E-state index contributed by atoms with van der Waals surface area (Å²) >= 11 is 6.23. The molecule has 0 saturated carbocycles. The van der Waals surface area contributed by atoms with Crippen LogP contribution in [0, 0.1) is 5.92 Å². The van der Waals surface area contributed by atoms with Crippen LogP contribution in [0.4, 0.5) is 0 Å². The summed E-state index contributed by atoms with van der Waals surface area (Å²) in [5.74, 6) is -0.130. The number of esters is 1. The van der Waals surface area contributed by atoms with Gasteiger partial charge >= 0.3 is 5.97 Å². The van der Waals surface area contributed by atoms with Gasteiger partial charge in [-0.3, -0.25) is 4.79 Å². The van der Waals surface area contributed by atoms with Crippen LogP contribution in [0.15, 0.2) is 42.5 Å². The lowest BCUT2D eigenvalue weighted by Crippen LogP contribution is -2.45. The molecule has 1 aliphatic heterocycles. The van der Waals surface area contributed by atoms with Crippen molar-refractivity contribution in [1.29, 1.82) is 0 Å². The smallest absolute Gasteiger partial charge is 0.328 e. The van der Waals surface area contributed by atoms with Crippen LogP contribution in [0.2, 0.25) is 0 Å². The molecular formula is C22H23NO3S2. The monoisotopic (exact) mass is 413 g/mol. The van der Waals surface area contributed by atoms with E-state index >= 15 is 0 Å². The van der Waals surface area contributed by atoms with Crippen molar-refractivity contribution < 1.29 is 14.3 Å². The number of amides is 1. The van der Waals surface area contributed by atoms with E-state index in [1.807, 2.05) is 0 Å². The number of hydrogen-bond acceptors (Lipinski definition) is 5. The molecule has 0 spiro atoms. The van der Waals surface area contributed by atoms with Crippen LogP contribution < -0.4 is 0 Å². The maximum absolute atomic E-state index is 13.1. The maximum atomic E-state index is 13.1. The summed E-state index contributed by atoms with van der Waals surface area (Å²) in [5, 5.41) is 2.49. The summed E-state index contributed by atoms with van der Waals surface area (Å²) in [7, 11) is 1.37. The van der Waals surface area contributed by atoms with E-state index in [4.69, 9.17) is 4.74 Å². The lowest BCUT2D eigenvalue weighted by atomic mass is 9.97. The van der Waals surface area contributed by atoms with Crippen LogP contribution in [-0.4, -0.2) is 42.2 Å². The van der Waals surface area contributed by atoms with Crippen molar-refractivity contribution in [2.75, 3.05) is 19.4 Å². The molecule has 1 unspecified atom stereocenters. The van der Waals surface area contributed by atoms with Crippen molar-refractivity contribution in [3.05, 3.63) is 48.0 Å². The number of ether oxygens (including phenoxy) is 1. The van der Waals surface area contributed by atoms with Crippen LogP contribution in [0.1, 0.15) is 18.4 Å². The average molecular weight is 414 g/mol. The molecule has 0 aliphatic carbocycles. The van der Waals surface area contributed by atoms with Gasteiger partial charge in [-0.15, -0.1) is 11.3 Å². The molecule has 1 saturated heterocycles. The largest absolute Gasteiger partial charge is 0.467 e. The number of rotatable bonds is 5. The minimum Gasteiger partial charge on any atom is -0.467 e. The van der Waals surface area contributed by atoms with Gasteiger partial charge in [-0.2, -0.15) is 12.6 Å². The van der Waals surface area contributed by atoms with Crippen molar-refractivity contribution in [2.24, 2.45) is 5.92 Å². The van der Waals surface area contributed by atoms with E-state index in [9.17, 15) is 9.59 Å². The topological polar surface area (TPSA) is 46.6 Å². The number of carbonyl (C=O) groups excluding carboxylic acids is 2. The number of carbonyl (C=O) groups is 2. The first-order valence-corrected chi connectivity index (χ1v) is 11.0. The van der Waals surface area contributed by atoms with E-state index < -0.39 is 6.04 Å². The van der Waals surface area contributed by atoms with Crippen molar-refractivity contribution in [3.63, 3.8) is 0 Å². The van der Waals surface area contributed by atoms with Gasteiger partial charge in [-0.1, -0.05) is 24.3 Å². The van der Waals surface area contributed by atoms with Gasteiger partial charge in [0.15, 0.2) is 0 Å². The fourth-order valence-electron chi connectivity index (χ4n) is 4.06. The molecule has 2 atom stereocenters. The summed E-state index contributed by atoms with van der Waals surface area (Å²) < 4.78 is 7.40. The summed E-state index contributed by atoms with van der Waals surface area (Å²) in [4.78, 5) is 26.8. The normalized spacial score (nSPS) is 17.9. The Bertz CT molecular complexity index is 1030. The molecule has 3 aromatic rings. The molecule has 6 heteroatoms. The molecule has 146 valence electrons. The Kier molecular flexibility index (Phi) is 5.60. The molecule has 2 aromatic carbocycles. The first kappa shape index (κ1) is 19.3. The highest BCUT2D eigenvalue weighted by molar-refractivity contribution is 7.80. The number of thiol groups is 1. The highest BCUT2D eigenvalue weighted by Gasteiger charge is 2.37. The van der Waals surface area contributed by atoms with Gasteiger partial charge in [0.1, 0.15) is 6.04 Å². The lowest BCUT2D eigenvalue weighted by Gasteiger charge is -2.27. The summed E-state index contributed by atoms with van der Waals surface area (Å²) in [6, 6.07) is 14.4. The lowest BCUT2D eigenvalue weighted by molar-refractivity contribution is -0.152. The minimum atomic E-state index is -0.455. The Morgan fingerprint density at radius 1 is 1.21 bits per heavy atom. The number of nitrogens with zero attached hydrogens (tertiary/aromatic N) is 1. The number of methoxy groups -OCH3 is 1. The molecule has 0 N–H and O–H groups in total. The number of benzene rings is 2. The van der Waals surface area contributed by atoms with Gasteiger partial charge in [0, 0.05) is 32.5 Å². The Balaban J connectivity index is 1.58. The van der Waals surface area contributed by atoms with E-state index in [1.54, 1.807) is 16.2 Å². The molecule has 1 fully saturated rings. The number of hydrogen-bond donors (Lipinski definition) is 1. The van der Waals surface area contributed by atoms with Crippen LogP contribution >= 0.6 is 24.0 Å². The molecule has 4 rings (SSSR count). The standard InChI is InChI=1S/C22H23NO3S2/c1-26-22(25)18-6-4-10-23(18)21(24)15(13-27)11-14-8-9-20-17(12-14)16-5-2-3-7-19(16)28-20/h2-3,5,7-9,12,15,18,27H,4,6,10-11,13H2,1H3/t15?,18-/m1/s1. The molecule has 2 heterocycles. The molecule has 4 nitrogen and oxygen atoms in total. The van der Waals surface area contributed by atoms with E-state index in [2.05, 4.69) is 55.1 Å². The number of likely N-dealkylation sites (tertiary alicyclic amines) is 1. The van der Waals surface area contributed by atoms with Gasteiger partial charge in [0.2, 0.25) is 5.91 Å². The van der Waals surface area contributed by atoms with Crippen LogP contribution in [-0.2, 0) is 20.7 Å². The van der Waals surface area contributed by atoms with E-state index in [0.717, 1.165) is 12.0 Å². The van der Waals surface area contributed by atoms with Crippen molar-refractivity contribution >= 4 is 56.0 Å².